The van der Waals surface area contributed by atoms with Crippen LogP contribution in [0.25, 0.3) is 0 Å². The molecule has 0 aliphatic heterocycles. The number of ketones is 1. The second kappa shape index (κ2) is 5.79. The first-order valence-corrected chi connectivity index (χ1v) is 7.52. The van der Waals surface area contributed by atoms with Gasteiger partial charge in [-0.05, 0) is 33.6 Å². The Morgan fingerprint density at radius 2 is 2.06 bits per heavy atom. The highest BCUT2D eigenvalue weighted by Crippen LogP contribution is 2.30. The van der Waals surface area contributed by atoms with Crippen LogP contribution in [0.3, 0.4) is 0 Å². The largest absolute Gasteiger partial charge is 0.292 e. The molecule has 90 valence electrons. The highest BCUT2D eigenvalue weighted by Gasteiger charge is 2.24. The van der Waals surface area contributed by atoms with Crippen molar-refractivity contribution in [1.82, 2.24) is 0 Å². The van der Waals surface area contributed by atoms with Gasteiger partial charge in [-0.25, -0.2) is 0 Å². The first kappa shape index (κ1) is 13.5. The molecule has 0 radical (unpaired) electrons. The zero-order valence-electron chi connectivity index (χ0n) is 9.06. The summed E-state index contributed by atoms with van der Waals surface area (Å²) in [5, 5.41) is 11.0. The number of benzene rings is 1. The molecule has 1 atom stereocenters. The minimum absolute atomic E-state index is 0.175. The van der Waals surface area contributed by atoms with Crippen molar-refractivity contribution in [2.24, 2.45) is 0 Å². The molecule has 0 aliphatic rings. The maximum Gasteiger partial charge on any atom is 0.185 e. The van der Waals surface area contributed by atoms with Gasteiger partial charge in [0.2, 0.25) is 0 Å². The molecule has 2 rings (SSSR count). The van der Waals surface area contributed by atoms with Crippen LogP contribution in [0.15, 0.2) is 44.0 Å². The van der Waals surface area contributed by atoms with Crippen molar-refractivity contribution in [3.05, 3.63) is 55.1 Å². The molecule has 0 aliphatic carbocycles. The maximum atomic E-state index is 12.3. The molecule has 18 heavy (non-hydrogen) atoms. The van der Waals surface area contributed by atoms with E-state index in [0.717, 1.165) is 8.26 Å². The van der Waals surface area contributed by atoms with Crippen LogP contribution in [0, 0.1) is 11.3 Å². The van der Waals surface area contributed by atoms with Gasteiger partial charge in [-0.1, -0.05) is 34.1 Å². The number of Topliss-reactive ketones (excluding diaryl/α,β-unsaturated/α-hetero) is 1. The summed E-state index contributed by atoms with van der Waals surface area (Å²) >= 11 is 8.12. The molecule has 0 saturated heterocycles. The topological polar surface area (TPSA) is 40.9 Å². The lowest BCUT2D eigenvalue weighted by atomic mass is 9.93. The lowest BCUT2D eigenvalue weighted by molar-refractivity contribution is 0.0979. The quantitative estimate of drug-likeness (QED) is 0.715. The molecule has 0 saturated carbocycles. The van der Waals surface area contributed by atoms with Gasteiger partial charge < -0.3 is 0 Å². The summed E-state index contributed by atoms with van der Waals surface area (Å²) in [6, 6.07) is 11.1. The monoisotopic (exact) mass is 383 g/mol. The molecule has 0 bridgehead atoms. The van der Waals surface area contributed by atoms with Crippen LogP contribution in [0.1, 0.15) is 21.8 Å². The molecule has 2 nitrogen and oxygen atoms in total. The van der Waals surface area contributed by atoms with Gasteiger partial charge in [0, 0.05) is 15.4 Å². The number of rotatable bonds is 3. The van der Waals surface area contributed by atoms with E-state index in [1.54, 1.807) is 17.5 Å². The van der Waals surface area contributed by atoms with E-state index in [2.05, 4.69) is 37.9 Å². The van der Waals surface area contributed by atoms with Crippen molar-refractivity contribution in [1.29, 1.82) is 5.26 Å². The first-order chi connectivity index (χ1) is 8.63. The number of hydrogen-bond acceptors (Lipinski definition) is 3. The van der Waals surface area contributed by atoms with Crippen molar-refractivity contribution in [2.75, 3.05) is 0 Å². The van der Waals surface area contributed by atoms with Crippen LogP contribution in [-0.4, -0.2) is 5.78 Å². The van der Waals surface area contributed by atoms with Gasteiger partial charge in [0.25, 0.3) is 0 Å². The zero-order chi connectivity index (χ0) is 13.1. The van der Waals surface area contributed by atoms with Gasteiger partial charge in [0.15, 0.2) is 5.78 Å². The summed E-state index contributed by atoms with van der Waals surface area (Å²) in [6.07, 6.45) is 0. The van der Waals surface area contributed by atoms with E-state index in [-0.39, 0.29) is 5.78 Å². The normalized spacial score (nSPS) is 11.8. The SMILES string of the molecule is N#CC(C(=O)c1csc(Br)c1)c1ccccc1Br. The second-order valence-corrected chi connectivity index (χ2v) is 6.73. The fraction of sp³-hybridized carbons (Fsp3) is 0.0769. The van der Waals surface area contributed by atoms with E-state index >= 15 is 0 Å². The molecular weight excluding hydrogens is 378 g/mol. The molecule has 1 unspecified atom stereocenters. The summed E-state index contributed by atoms with van der Waals surface area (Å²) < 4.78 is 1.66. The van der Waals surface area contributed by atoms with E-state index in [9.17, 15) is 10.1 Å². The van der Waals surface area contributed by atoms with Crippen molar-refractivity contribution in [3.63, 3.8) is 0 Å². The lowest BCUT2D eigenvalue weighted by Crippen LogP contribution is -2.10. The van der Waals surface area contributed by atoms with Gasteiger partial charge >= 0.3 is 0 Å². The molecule has 0 amide bonds. The Morgan fingerprint density at radius 1 is 1.33 bits per heavy atom. The Balaban J connectivity index is 2.39. The summed E-state index contributed by atoms with van der Waals surface area (Å²) in [4.78, 5) is 12.3. The number of thiophene rings is 1. The van der Waals surface area contributed by atoms with Gasteiger partial charge in [-0.15, -0.1) is 11.3 Å². The minimum atomic E-state index is -0.776. The Bertz CT molecular complexity index is 630. The second-order valence-electron chi connectivity index (χ2n) is 3.59. The Hall–Kier alpha value is -0.960. The fourth-order valence-corrected chi connectivity index (χ4v) is 3.24. The smallest absolute Gasteiger partial charge is 0.185 e. The standard InChI is InChI=1S/C13H7Br2NOS/c14-11-4-2-1-3-9(11)10(6-16)13(17)8-5-12(15)18-7-8/h1-5,7,10H. The number of halogens is 2. The van der Waals surface area contributed by atoms with Crippen LogP contribution in [0.4, 0.5) is 0 Å². The molecule has 1 aromatic heterocycles. The lowest BCUT2D eigenvalue weighted by Gasteiger charge is -2.09. The number of nitriles is 1. The molecule has 0 spiro atoms. The Labute approximate surface area is 126 Å². The predicted octanol–water partition coefficient (Wildman–Crippen LogP) is 4.76. The summed E-state index contributed by atoms with van der Waals surface area (Å²) in [5.41, 5.74) is 1.27. The predicted molar refractivity (Wildman–Crippen MR) is 78.8 cm³/mol. The highest BCUT2D eigenvalue weighted by atomic mass is 79.9. The average molecular weight is 385 g/mol. The van der Waals surface area contributed by atoms with Crippen LogP contribution < -0.4 is 0 Å². The molecule has 1 aromatic carbocycles. The van der Waals surface area contributed by atoms with E-state index < -0.39 is 5.92 Å². The number of nitrogens with zero attached hydrogens (tertiary/aromatic N) is 1. The minimum Gasteiger partial charge on any atom is -0.292 e. The van der Waals surface area contributed by atoms with Crippen molar-refractivity contribution < 1.29 is 4.79 Å². The average Bonchev–Trinajstić information content (AvgIpc) is 2.79. The zero-order valence-corrected chi connectivity index (χ0v) is 13.0. The van der Waals surface area contributed by atoms with E-state index in [1.807, 2.05) is 18.2 Å². The molecule has 0 N–H and O–H groups in total. The molecule has 0 fully saturated rings. The van der Waals surface area contributed by atoms with E-state index in [0.29, 0.717) is 11.1 Å². The van der Waals surface area contributed by atoms with Crippen LogP contribution in [-0.2, 0) is 0 Å². The van der Waals surface area contributed by atoms with Crippen LogP contribution in [0.2, 0.25) is 0 Å². The first-order valence-electron chi connectivity index (χ1n) is 5.05. The molecule has 5 heteroatoms. The third-order valence-corrected chi connectivity index (χ3v) is 4.69. The molecule has 1 heterocycles. The van der Waals surface area contributed by atoms with Crippen molar-refractivity contribution in [3.8, 4) is 6.07 Å². The highest BCUT2D eigenvalue weighted by molar-refractivity contribution is 9.11. The van der Waals surface area contributed by atoms with Gasteiger partial charge in [0.05, 0.1) is 9.86 Å². The van der Waals surface area contributed by atoms with Crippen LogP contribution in [0.5, 0.6) is 0 Å². The number of hydrogen-bond donors (Lipinski definition) is 0. The Kier molecular flexibility index (Phi) is 4.33. The van der Waals surface area contributed by atoms with Gasteiger partial charge in [-0.2, -0.15) is 5.26 Å². The van der Waals surface area contributed by atoms with Crippen molar-refractivity contribution in [2.45, 2.75) is 5.92 Å². The summed E-state index contributed by atoms with van der Waals surface area (Å²) in [5.74, 6) is -0.951. The number of carbonyl (C=O) groups is 1. The fourth-order valence-electron chi connectivity index (χ4n) is 1.58. The summed E-state index contributed by atoms with van der Waals surface area (Å²) in [6.45, 7) is 0. The summed E-state index contributed by atoms with van der Waals surface area (Å²) in [7, 11) is 0. The van der Waals surface area contributed by atoms with Gasteiger partial charge in [-0.3, -0.25) is 4.79 Å². The van der Waals surface area contributed by atoms with E-state index in [1.165, 1.54) is 11.3 Å². The van der Waals surface area contributed by atoms with Crippen molar-refractivity contribution >= 4 is 49.0 Å². The van der Waals surface area contributed by atoms with Crippen LogP contribution >= 0.6 is 43.2 Å². The van der Waals surface area contributed by atoms with Gasteiger partial charge in [0.1, 0.15) is 5.92 Å². The molecule has 2 aromatic rings. The molecular formula is C13H7Br2NOS. The Morgan fingerprint density at radius 3 is 2.61 bits per heavy atom. The maximum absolute atomic E-state index is 12.3. The van der Waals surface area contributed by atoms with E-state index in [4.69, 9.17) is 0 Å². The third kappa shape index (κ3) is 2.72. The third-order valence-electron chi connectivity index (χ3n) is 2.46. The number of carbonyl (C=O) groups excluding carboxylic acids is 1.